The van der Waals surface area contributed by atoms with E-state index in [4.69, 9.17) is 0 Å². The molecule has 26 heavy (non-hydrogen) atoms. The molecule has 0 amide bonds. The monoisotopic (exact) mass is 366 g/mol. The van der Waals surface area contributed by atoms with Crippen molar-refractivity contribution in [2.75, 3.05) is 0 Å². The molecule has 2 aromatic carbocycles. The molecule has 3 aromatic rings. The van der Waals surface area contributed by atoms with E-state index in [9.17, 15) is 0 Å². The number of fused-ring (bicyclic) bond motifs is 3. The van der Waals surface area contributed by atoms with Crippen LogP contribution in [-0.2, 0) is 5.41 Å². The third kappa shape index (κ3) is 3.56. The molecule has 0 aliphatic heterocycles. The van der Waals surface area contributed by atoms with Gasteiger partial charge in [0, 0.05) is 20.2 Å². The van der Waals surface area contributed by atoms with E-state index in [2.05, 4.69) is 71.0 Å². The van der Waals surface area contributed by atoms with Crippen molar-refractivity contribution < 1.29 is 0 Å². The third-order valence-electron chi connectivity index (χ3n) is 6.25. The average molecular weight is 367 g/mol. The molecule has 0 aliphatic carbocycles. The summed E-state index contributed by atoms with van der Waals surface area (Å²) >= 11 is 1.98. The first kappa shape index (κ1) is 19.4. The molecule has 0 radical (unpaired) electrons. The Kier molecular flexibility index (Phi) is 6.07. The fourth-order valence-corrected chi connectivity index (χ4v) is 5.89. The molecule has 0 atom stereocenters. The van der Waals surface area contributed by atoms with Gasteiger partial charge in [0.1, 0.15) is 0 Å². The summed E-state index contributed by atoms with van der Waals surface area (Å²) in [5.41, 5.74) is 3.35. The SMILES string of the molecule is CCCC(C)(CCC)c1ccc2c(c1)sc1cc(C(CC)CC)ccc12. The predicted octanol–water partition coefficient (Wildman–Crippen LogP) is 8.82. The minimum atomic E-state index is 0.314. The molecule has 3 rings (SSSR count). The Morgan fingerprint density at radius 2 is 1.38 bits per heavy atom. The number of benzene rings is 2. The van der Waals surface area contributed by atoms with Gasteiger partial charge in [-0.2, -0.15) is 0 Å². The van der Waals surface area contributed by atoms with Gasteiger partial charge in [0.05, 0.1) is 0 Å². The Bertz CT molecular complexity index is 860. The third-order valence-corrected chi connectivity index (χ3v) is 7.37. The highest BCUT2D eigenvalue weighted by Crippen LogP contribution is 2.40. The van der Waals surface area contributed by atoms with Crippen LogP contribution in [0, 0.1) is 0 Å². The van der Waals surface area contributed by atoms with E-state index >= 15 is 0 Å². The minimum absolute atomic E-state index is 0.314. The molecule has 0 bridgehead atoms. The van der Waals surface area contributed by atoms with Crippen molar-refractivity contribution >= 4 is 31.5 Å². The lowest BCUT2D eigenvalue weighted by Gasteiger charge is -2.30. The summed E-state index contributed by atoms with van der Waals surface area (Å²) < 4.78 is 2.91. The van der Waals surface area contributed by atoms with E-state index in [0.717, 1.165) is 0 Å². The second kappa shape index (κ2) is 8.13. The van der Waals surface area contributed by atoms with Gasteiger partial charge >= 0.3 is 0 Å². The van der Waals surface area contributed by atoms with Gasteiger partial charge in [-0.15, -0.1) is 11.3 Å². The number of hydrogen-bond donors (Lipinski definition) is 0. The zero-order valence-corrected chi connectivity index (χ0v) is 18.0. The summed E-state index contributed by atoms with van der Waals surface area (Å²) in [6, 6.07) is 14.4. The number of rotatable bonds is 8. The topological polar surface area (TPSA) is 0 Å². The minimum Gasteiger partial charge on any atom is -0.135 e. The van der Waals surface area contributed by atoms with Gasteiger partial charge in [-0.25, -0.2) is 0 Å². The van der Waals surface area contributed by atoms with E-state index in [1.165, 1.54) is 69.8 Å². The number of hydrogen-bond acceptors (Lipinski definition) is 1. The van der Waals surface area contributed by atoms with Crippen LogP contribution in [0.1, 0.15) is 90.2 Å². The molecule has 0 saturated heterocycles. The van der Waals surface area contributed by atoms with E-state index in [1.54, 1.807) is 0 Å². The van der Waals surface area contributed by atoms with E-state index in [0.29, 0.717) is 11.3 Å². The Morgan fingerprint density at radius 1 is 0.808 bits per heavy atom. The van der Waals surface area contributed by atoms with Crippen LogP contribution in [0.15, 0.2) is 36.4 Å². The van der Waals surface area contributed by atoms with Crippen LogP contribution >= 0.6 is 11.3 Å². The van der Waals surface area contributed by atoms with Gasteiger partial charge in [-0.1, -0.05) is 71.7 Å². The zero-order valence-electron chi connectivity index (χ0n) is 17.2. The van der Waals surface area contributed by atoms with Crippen molar-refractivity contribution in [2.45, 2.75) is 84.5 Å². The van der Waals surface area contributed by atoms with E-state index in [1.807, 2.05) is 11.3 Å². The summed E-state index contributed by atoms with van der Waals surface area (Å²) in [6.07, 6.45) is 7.50. The largest absolute Gasteiger partial charge is 0.135 e. The molecule has 1 heteroatoms. The highest BCUT2D eigenvalue weighted by molar-refractivity contribution is 7.25. The van der Waals surface area contributed by atoms with E-state index in [-0.39, 0.29) is 0 Å². The molecule has 1 aromatic heterocycles. The Hall–Kier alpha value is -1.34. The molecular formula is C25H34S. The fraction of sp³-hybridized carbons (Fsp3) is 0.520. The molecule has 0 saturated carbocycles. The van der Waals surface area contributed by atoms with Gasteiger partial charge in [0.2, 0.25) is 0 Å². The van der Waals surface area contributed by atoms with Gasteiger partial charge in [-0.3, -0.25) is 0 Å². The Morgan fingerprint density at radius 3 is 1.96 bits per heavy atom. The normalized spacial score (nSPS) is 12.5. The highest BCUT2D eigenvalue weighted by Gasteiger charge is 2.25. The van der Waals surface area contributed by atoms with Crippen LogP contribution in [-0.4, -0.2) is 0 Å². The smallest absolute Gasteiger partial charge is 0.0358 e. The maximum Gasteiger partial charge on any atom is 0.0358 e. The van der Waals surface area contributed by atoms with E-state index < -0.39 is 0 Å². The first-order valence-electron chi connectivity index (χ1n) is 10.5. The maximum atomic E-state index is 2.49. The maximum absolute atomic E-state index is 2.49. The number of thiophene rings is 1. The van der Waals surface area contributed by atoms with Crippen LogP contribution in [0.4, 0.5) is 0 Å². The predicted molar refractivity (Wildman–Crippen MR) is 120 cm³/mol. The molecule has 140 valence electrons. The van der Waals surface area contributed by atoms with Crippen LogP contribution in [0.2, 0.25) is 0 Å². The van der Waals surface area contributed by atoms with Crippen molar-refractivity contribution in [1.29, 1.82) is 0 Å². The van der Waals surface area contributed by atoms with Crippen LogP contribution in [0.5, 0.6) is 0 Å². The fourth-order valence-electron chi connectivity index (χ4n) is 4.70. The zero-order chi connectivity index (χ0) is 18.7. The average Bonchev–Trinajstić information content (AvgIpc) is 3.00. The van der Waals surface area contributed by atoms with Gasteiger partial charge in [0.15, 0.2) is 0 Å². The van der Waals surface area contributed by atoms with Crippen molar-refractivity contribution in [2.24, 2.45) is 0 Å². The second-order valence-corrected chi connectivity index (χ2v) is 9.23. The summed E-state index contributed by atoms with van der Waals surface area (Å²) in [6.45, 7) is 11.7. The lowest BCUT2D eigenvalue weighted by atomic mass is 9.75. The molecule has 0 nitrogen and oxygen atoms in total. The Balaban J connectivity index is 2.08. The summed E-state index contributed by atoms with van der Waals surface area (Å²) in [5.74, 6) is 0.692. The molecule has 0 spiro atoms. The van der Waals surface area contributed by atoms with Crippen molar-refractivity contribution in [3.05, 3.63) is 47.5 Å². The molecule has 0 aliphatic rings. The van der Waals surface area contributed by atoms with Crippen LogP contribution in [0.3, 0.4) is 0 Å². The quantitative estimate of drug-likeness (QED) is 0.373. The highest BCUT2D eigenvalue weighted by atomic mass is 32.1. The first-order chi connectivity index (χ1) is 12.6. The second-order valence-electron chi connectivity index (χ2n) is 8.14. The molecule has 0 fully saturated rings. The van der Waals surface area contributed by atoms with Crippen molar-refractivity contribution in [3.63, 3.8) is 0 Å². The molecule has 0 N–H and O–H groups in total. The lowest BCUT2D eigenvalue weighted by Crippen LogP contribution is -2.21. The molecular weight excluding hydrogens is 332 g/mol. The van der Waals surface area contributed by atoms with Crippen molar-refractivity contribution in [3.8, 4) is 0 Å². The van der Waals surface area contributed by atoms with Gasteiger partial charge in [0.25, 0.3) is 0 Å². The summed E-state index contributed by atoms with van der Waals surface area (Å²) in [5, 5.41) is 2.86. The Labute approximate surface area is 163 Å². The van der Waals surface area contributed by atoms with Crippen molar-refractivity contribution in [1.82, 2.24) is 0 Å². The van der Waals surface area contributed by atoms with Gasteiger partial charge < -0.3 is 0 Å². The molecule has 0 unspecified atom stereocenters. The summed E-state index contributed by atoms with van der Waals surface area (Å²) in [7, 11) is 0. The van der Waals surface area contributed by atoms with Crippen LogP contribution < -0.4 is 0 Å². The molecule has 1 heterocycles. The lowest BCUT2D eigenvalue weighted by molar-refractivity contribution is 0.392. The van der Waals surface area contributed by atoms with Crippen LogP contribution in [0.25, 0.3) is 20.2 Å². The summed E-state index contributed by atoms with van der Waals surface area (Å²) in [4.78, 5) is 0. The van der Waals surface area contributed by atoms with Gasteiger partial charge in [-0.05, 0) is 60.3 Å². The standard InChI is InChI=1S/C25H34S/c1-6-14-25(5,15-7-2)20-11-13-22-21-12-10-19(18(8-3)9-4)16-23(21)26-24(22)17-20/h10-13,16-18H,6-9,14-15H2,1-5H3. The first-order valence-corrected chi connectivity index (χ1v) is 11.3.